The summed E-state index contributed by atoms with van der Waals surface area (Å²) in [5.41, 5.74) is 0.798. The molecule has 0 saturated carbocycles. The summed E-state index contributed by atoms with van der Waals surface area (Å²) < 4.78 is 6.40. The highest BCUT2D eigenvalue weighted by Crippen LogP contribution is 2.25. The van der Waals surface area contributed by atoms with E-state index < -0.39 is 4.92 Å². The smallest absolute Gasteiger partial charge is 0.243 e. The van der Waals surface area contributed by atoms with E-state index in [9.17, 15) is 10.1 Å². The van der Waals surface area contributed by atoms with Crippen LogP contribution < -0.4 is 4.74 Å². The maximum Gasteiger partial charge on any atom is 0.243 e. The van der Waals surface area contributed by atoms with Crippen LogP contribution in [0.25, 0.3) is 6.08 Å². The fourth-order valence-corrected chi connectivity index (χ4v) is 1.63. The summed E-state index contributed by atoms with van der Waals surface area (Å²) in [7, 11) is 0. The minimum atomic E-state index is -0.412. The first-order valence-electron chi connectivity index (χ1n) is 5.29. The van der Waals surface area contributed by atoms with E-state index in [4.69, 9.17) is 4.74 Å². The van der Waals surface area contributed by atoms with E-state index >= 15 is 0 Å². The van der Waals surface area contributed by atoms with Crippen molar-refractivity contribution in [3.05, 3.63) is 44.0 Å². The van der Waals surface area contributed by atoms with Crippen LogP contribution in [0.3, 0.4) is 0 Å². The predicted octanol–water partition coefficient (Wildman–Crippen LogP) is 3.88. The lowest BCUT2D eigenvalue weighted by atomic mass is 10.1. The van der Waals surface area contributed by atoms with Gasteiger partial charge in [-0.05, 0) is 24.6 Å². The van der Waals surface area contributed by atoms with Crippen LogP contribution in [0.5, 0.6) is 5.75 Å². The van der Waals surface area contributed by atoms with Crippen molar-refractivity contribution in [2.75, 3.05) is 6.61 Å². The topological polar surface area (TPSA) is 52.4 Å². The Kier molecular flexibility index (Phi) is 5.15. The Morgan fingerprint density at radius 3 is 2.88 bits per heavy atom. The Balaban J connectivity index is 3.06. The molecular weight excluding hydrogens is 286 g/mol. The standard InChI is InChI=1S/C12H14BrNO3/c1-3-6-17-12-5-4-11(13)8-10(12)7-9(2)14(15)16/h4-5,7-8H,3,6H2,1-2H3. The van der Waals surface area contributed by atoms with Crippen molar-refractivity contribution in [2.45, 2.75) is 20.3 Å². The molecule has 0 aliphatic rings. The van der Waals surface area contributed by atoms with Crippen molar-refractivity contribution in [3.8, 4) is 5.75 Å². The highest BCUT2D eigenvalue weighted by atomic mass is 79.9. The summed E-state index contributed by atoms with van der Waals surface area (Å²) in [6.07, 6.45) is 2.41. The zero-order valence-electron chi connectivity index (χ0n) is 9.77. The van der Waals surface area contributed by atoms with E-state index in [1.54, 1.807) is 12.1 Å². The first-order valence-corrected chi connectivity index (χ1v) is 6.09. The van der Waals surface area contributed by atoms with Gasteiger partial charge in [0.2, 0.25) is 5.70 Å². The van der Waals surface area contributed by atoms with Crippen molar-refractivity contribution in [1.29, 1.82) is 0 Å². The molecule has 0 heterocycles. The van der Waals surface area contributed by atoms with Crippen molar-refractivity contribution in [2.24, 2.45) is 0 Å². The van der Waals surface area contributed by atoms with Crippen LogP contribution in [0.2, 0.25) is 0 Å². The second kappa shape index (κ2) is 6.39. The molecule has 0 atom stereocenters. The first kappa shape index (κ1) is 13.7. The van der Waals surface area contributed by atoms with Gasteiger partial charge in [0, 0.05) is 23.0 Å². The second-order valence-electron chi connectivity index (χ2n) is 3.57. The van der Waals surface area contributed by atoms with Crippen LogP contribution in [0, 0.1) is 10.1 Å². The molecule has 0 radical (unpaired) electrons. The fraction of sp³-hybridized carbons (Fsp3) is 0.333. The summed E-state index contributed by atoms with van der Waals surface area (Å²) >= 11 is 3.34. The van der Waals surface area contributed by atoms with Crippen LogP contribution >= 0.6 is 15.9 Å². The minimum absolute atomic E-state index is 0.0875. The van der Waals surface area contributed by atoms with Crippen LogP contribution in [-0.4, -0.2) is 11.5 Å². The van der Waals surface area contributed by atoms with Crippen LogP contribution in [-0.2, 0) is 0 Å². The zero-order valence-corrected chi connectivity index (χ0v) is 11.4. The quantitative estimate of drug-likeness (QED) is 0.612. The predicted molar refractivity (Wildman–Crippen MR) is 70.6 cm³/mol. The molecule has 0 aromatic heterocycles. The van der Waals surface area contributed by atoms with Gasteiger partial charge < -0.3 is 4.74 Å². The molecule has 0 bridgehead atoms. The Morgan fingerprint density at radius 2 is 2.29 bits per heavy atom. The summed E-state index contributed by atoms with van der Waals surface area (Å²) in [5, 5.41) is 10.6. The van der Waals surface area contributed by atoms with Crippen molar-refractivity contribution in [3.63, 3.8) is 0 Å². The minimum Gasteiger partial charge on any atom is -0.493 e. The van der Waals surface area contributed by atoms with Gasteiger partial charge in [0.25, 0.3) is 0 Å². The Hall–Kier alpha value is -1.36. The maximum atomic E-state index is 10.6. The monoisotopic (exact) mass is 299 g/mol. The van der Waals surface area contributed by atoms with Gasteiger partial charge in [0.05, 0.1) is 11.5 Å². The van der Waals surface area contributed by atoms with Crippen molar-refractivity contribution < 1.29 is 9.66 Å². The first-order chi connectivity index (χ1) is 8.04. The average molecular weight is 300 g/mol. The summed E-state index contributed by atoms with van der Waals surface area (Å²) in [6, 6.07) is 5.46. The maximum absolute atomic E-state index is 10.6. The molecule has 0 amide bonds. The van der Waals surface area contributed by atoms with E-state index in [-0.39, 0.29) is 5.70 Å². The molecule has 1 aromatic rings. The molecule has 5 heteroatoms. The number of nitrogens with zero attached hydrogens (tertiary/aromatic N) is 1. The summed E-state index contributed by atoms with van der Waals surface area (Å²) in [4.78, 5) is 10.2. The molecular formula is C12H14BrNO3. The zero-order chi connectivity index (χ0) is 12.8. The number of halogens is 1. The number of hydrogen-bond donors (Lipinski definition) is 0. The summed E-state index contributed by atoms with van der Waals surface area (Å²) in [6.45, 7) is 4.07. The lowest BCUT2D eigenvalue weighted by Gasteiger charge is -2.08. The number of nitro groups is 1. The SMILES string of the molecule is CCCOc1ccc(Br)cc1C=C(C)[N+](=O)[O-]. The Morgan fingerprint density at radius 1 is 1.59 bits per heavy atom. The molecule has 0 spiro atoms. The number of allylic oxidation sites excluding steroid dienone is 1. The van der Waals surface area contributed by atoms with E-state index in [1.165, 1.54) is 13.0 Å². The number of hydrogen-bond acceptors (Lipinski definition) is 3. The van der Waals surface area contributed by atoms with Gasteiger partial charge in [-0.1, -0.05) is 22.9 Å². The van der Waals surface area contributed by atoms with Gasteiger partial charge >= 0.3 is 0 Å². The summed E-state index contributed by atoms with van der Waals surface area (Å²) in [5.74, 6) is 0.663. The molecule has 1 aromatic carbocycles. The van der Waals surface area contributed by atoms with Crippen molar-refractivity contribution >= 4 is 22.0 Å². The van der Waals surface area contributed by atoms with Gasteiger partial charge in [0.1, 0.15) is 5.75 Å². The van der Waals surface area contributed by atoms with E-state index in [0.29, 0.717) is 17.9 Å². The highest BCUT2D eigenvalue weighted by Gasteiger charge is 2.07. The molecule has 0 saturated heterocycles. The van der Waals surface area contributed by atoms with Gasteiger partial charge in [-0.15, -0.1) is 0 Å². The molecule has 1 rings (SSSR count). The molecule has 0 fully saturated rings. The van der Waals surface area contributed by atoms with E-state index in [1.807, 2.05) is 13.0 Å². The van der Waals surface area contributed by atoms with E-state index in [2.05, 4.69) is 15.9 Å². The molecule has 0 unspecified atom stereocenters. The van der Waals surface area contributed by atoms with Gasteiger partial charge in [-0.25, -0.2) is 0 Å². The van der Waals surface area contributed by atoms with Crippen molar-refractivity contribution in [1.82, 2.24) is 0 Å². The van der Waals surface area contributed by atoms with Crippen LogP contribution in [0.4, 0.5) is 0 Å². The average Bonchev–Trinajstić information content (AvgIpc) is 2.28. The largest absolute Gasteiger partial charge is 0.493 e. The molecule has 0 N–H and O–H groups in total. The Labute approximate surface area is 109 Å². The molecule has 0 aliphatic heterocycles. The molecule has 92 valence electrons. The highest BCUT2D eigenvalue weighted by molar-refractivity contribution is 9.10. The van der Waals surface area contributed by atoms with Gasteiger partial charge in [0.15, 0.2) is 0 Å². The third kappa shape index (κ3) is 4.19. The van der Waals surface area contributed by atoms with Crippen LogP contribution in [0.15, 0.2) is 28.4 Å². The van der Waals surface area contributed by atoms with Gasteiger partial charge in [-0.3, -0.25) is 10.1 Å². The second-order valence-corrected chi connectivity index (χ2v) is 4.49. The molecule has 17 heavy (non-hydrogen) atoms. The molecule has 0 aliphatic carbocycles. The third-order valence-electron chi connectivity index (χ3n) is 2.09. The lowest BCUT2D eigenvalue weighted by molar-refractivity contribution is -0.422. The van der Waals surface area contributed by atoms with E-state index in [0.717, 1.165) is 10.9 Å². The lowest BCUT2D eigenvalue weighted by Crippen LogP contribution is -1.98. The Bertz CT molecular complexity index is 443. The number of benzene rings is 1. The third-order valence-corrected chi connectivity index (χ3v) is 2.58. The van der Waals surface area contributed by atoms with Gasteiger partial charge in [-0.2, -0.15) is 0 Å². The number of ether oxygens (including phenoxy) is 1. The fourth-order valence-electron chi connectivity index (χ4n) is 1.25. The van der Waals surface area contributed by atoms with Crippen LogP contribution in [0.1, 0.15) is 25.8 Å². The normalized spacial score (nSPS) is 11.4. The number of rotatable bonds is 5. The molecule has 4 nitrogen and oxygen atoms in total.